The Bertz CT molecular complexity index is 288. The lowest BCUT2D eigenvalue weighted by molar-refractivity contribution is -0.532. The molecule has 0 aliphatic heterocycles. The van der Waals surface area contributed by atoms with E-state index in [1.807, 2.05) is 0 Å². The summed E-state index contributed by atoms with van der Waals surface area (Å²) in [7, 11) is 0. The van der Waals surface area contributed by atoms with Crippen molar-refractivity contribution in [2.45, 2.75) is 6.04 Å². The summed E-state index contributed by atoms with van der Waals surface area (Å²) in [6, 6.07) is 0.629. The second-order valence-electron chi connectivity index (χ2n) is 2.13. The number of hydrogen-bond donors (Lipinski definition) is 1. The second kappa shape index (κ2) is 3.97. The van der Waals surface area contributed by atoms with Crippen molar-refractivity contribution in [2.24, 2.45) is 0 Å². The molecule has 0 saturated carbocycles. The number of halogens is 1. The number of aliphatic hydroxyl groups is 1. The molecule has 1 heterocycles. The van der Waals surface area contributed by atoms with Crippen LogP contribution in [-0.4, -0.2) is 16.6 Å². The molecule has 0 aromatic carbocycles. The molecule has 66 valence electrons. The van der Waals surface area contributed by atoms with E-state index in [4.69, 9.17) is 5.11 Å². The topological polar surface area (TPSA) is 63.4 Å². The number of nitrogens with zero attached hydrogens (tertiary/aromatic N) is 1. The van der Waals surface area contributed by atoms with Gasteiger partial charge < -0.3 is 5.11 Å². The van der Waals surface area contributed by atoms with Crippen molar-refractivity contribution in [1.29, 1.82) is 0 Å². The number of hydrogen-bond acceptors (Lipinski definition) is 4. The van der Waals surface area contributed by atoms with Gasteiger partial charge in [0, 0.05) is 4.92 Å². The summed E-state index contributed by atoms with van der Waals surface area (Å²) in [5, 5.41) is 20.9. The fourth-order valence-corrected chi connectivity index (χ4v) is 2.22. The summed E-state index contributed by atoms with van der Waals surface area (Å²) in [4.78, 5) is 9.92. The van der Waals surface area contributed by atoms with Gasteiger partial charge in [-0.2, -0.15) is 0 Å². The molecule has 1 rings (SSSR count). The maximum absolute atomic E-state index is 10.4. The van der Waals surface area contributed by atoms with Crippen molar-refractivity contribution in [3.05, 3.63) is 30.9 Å². The highest BCUT2D eigenvalue weighted by atomic mass is 79.9. The Morgan fingerprint density at radius 2 is 2.50 bits per heavy atom. The summed E-state index contributed by atoms with van der Waals surface area (Å²) < 4.78 is 0.707. The van der Waals surface area contributed by atoms with Gasteiger partial charge in [-0.25, -0.2) is 0 Å². The van der Waals surface area contributed by atoms with Crippen LogP contribution >= 0.6 is 27.3 Å². The number of aliphatic hydroxyl groups excluding tert-OH is 1. The predicted octanol–water partition coefficient (Wildman–Crippen LogP) is 1.82. The van der Waals surface area contributed by atoms with Crippen molar-refractivity contribution >= 4 is 27.3 Å². The zero-order chi connectivity index (χ0) is 9.14. The molecular formula is C6H6BrNO3S. The molecule has 0 saturated heterocycles. The van der Waals surface area contributed by atoms with Gasteiger partial charge in [0.05, 0.1) is 9.35 Å². The van der Waals surface area contributed by atoms with E-state index in [9.17, 15) is 10.1 Å². The Balaban J connectivity index is 2.94. The Labute approximate surface area is 81.1 Å². The third kappa shape index (κ3) is 1.82. The van der Waals surface area contributed by atoms with Gasteiger partial charge in [-0.05, 0) is 27.4 Å². The zero-order valence-corrected chi connectivity index (χ0v) is 8.34. The van der Waals surface area contributed by atoms with Crippen molar-refractivity contribution in [2.75, 3.05) is 6.61 Å². The first-order chi connectivity index (χ1) is 5.66. The first-order valence-corrected chi connectivity index (χ1v) is 4.81. The summed E-state index contributed by atoms with van der Waals surface area (Å²) in [6.07, 6.45) is 0. The van der Waals surface area contributed by atoms with Crippen LogP contribution in [0.15, 0.2) is 15.2 Å². The molecule has 0 unspecified atom stereocenters. The highest BCUT2D eigenvalue weighted by molar-refractivity contribution is 9.11. The van der Waals surface area contributed by atoms with E-state index in [0.717, 1.165) is 0 Å². The standard InChI is InChI=1S/C6H6BrNO3S/c7-6-4(1-2-12-6)5(3-9)8(10)11/h1-2,5,9H,3H2/t5-/m1/s1. The molecule has 1 aromatic heterocycles. The zero-order valence-electron chi connectivity index (χ0n) is 5.94. The lowest BCUT2D eigenvalue weighted by Crippen LogP contribution is -2.13. The average Bonchev–Trinajstić information content (AvgIpc) is 2.38. The van der Waals surface area contributed by atoms with Gasteiger partial charge in [0.1, 0.15) is 6.61 Å². The van der Waals surface area contributed by atoms with E-state index >= 15 is 0 Å². The Morgan fingerprint density at radius 1 is 1.83 bits per heavy atom. The summed E-state index contributed by atoms with van der Waals surface area (Å²) in [5.41, 5.74) is 0.535. The SMILES string of the molecule is O=[N+]([O-])[C@H](CO)c1ccsc1Br. The largest absolute Gasteiger partial charge is 0.389 e. The van der Waals surface area contributed by atoms with E-state index in [1.165, 1.54) is 11.3 Å². The van der Waals surface area contributed by atoms with Gasteiger partial charge in [0.25, 0.3) is 6.04 Å². The van der Waals surface area contributed by atoms with E-state index in [2.05, 4.69) is 15.9 Å². The van der Waals surface area contributed by atoms with Crippen molar-refractivity contribution < 1.29 is 10.0 Å². The molecule has 0 aliphatic rings. The van der Waals surface area contributed by atoms with Crippen LogP contribution in [0, 0.1) is 10.1 Å². The van der Waals surface area contributed by atoms with Crippen LogP contribution in [0.5, 0.6) is 0 Å². The van der Waals surface area contributed by atoms with Crippen molar-refractivity contribution in [3.63, 3.8) is 0 Å². The van der Waals surface area contributed by atoms with Crippen molar-refractivity contribution in [3.8, 4) is 0 Å². The highest BCUT2D eigenvalue weighted by Crippen LogP contribution is 2.29. The Hall–Kier alpha value is -0.460. The minimum Gasteiger partial charge on any atom is -0.389 e. The molecule has 1 aromatic rings. The van der Waals surface area contributed by atoms with Crippen molar-refractivity contribution in [1.82, 2.24) is 0 Å². The normalized spacial score (nSPS) is 12.8. The summed E-state index contributed by atoms with van der Waals surface area (Å²) in [5.74, 6) is 0. The maximum Gasteiger partial charge on any atom is 0.262 e. The minimum atomic E-state index is -1.01. The molecule has 0 amide bonds. The van der Waals surface area contributed by atoms with E-state index in [1.54, 1.807) is 11.4 Å². The van der Waals surface area contributed by atoms with Crippen LogP contribution in [0.4, 0.5) is 0 Å². The molecule has 0 fully saturated rings. The number of nitro groups is 1. The first-order valence-electron chi connectivity index (χ1n) is 3.14. The van der Waals surface area contributed by atoms with E-state index < -0.39 is 17.6 Å². The fourth-order valence-electron chi connectivity index (χ4n) is 0.821. The monoisotopic (exact) mass is 251 g/mol. The average molecular weight is 252 g/mol. The number of rotatable bonds is 3. The highest BCUT2D eigenvalue weighted by Gasteiger charge is 2.24. The Kier molecular flexibility index (Phi) is 3.19. The Morgan fingerprint density at radius 3 is 2.83 bits per heavy atom. The van der Waals surface area contributed by atoms with Gasteiger partial charge in [-0.3, -0.25) is 10.1 Å². The molecule has 0 spiro atoms. The first kappa shape index (κ1) is 9.63. The lowest BCUT2D eigenvalue weighted by atomic mass is 10.2. The van der Waals surface area contributed by atoms with Crippen LogP contribution < -0.4 is 0 Å². The van der Waals surface area contributed by atoms with Gasteiger partial charge in [-0.1, -0.05) is 0 Å². The summed E-state index contributed by atoms with van der Waals surface area (Å²) >= 11 is 4.55. The molecule has 4 nitrogen and oxygen atoms in total. The van der Waals surface area contributed by atoms with E-state index in [0.29, 0.717) is 9.35 Å². The molecule has 1 N–H and O–H groups in total. The molecule has 0 radical (unpaired) electrons. The minimum absolute atomic E-state index is 0.470. The molecule has 6 heteroatoms. The second-order valence-corrected chi connectivity index (χ2v) is 4.37. The van der Waals surface area contributed by atoms with Crippen LogP contribution in [0.3, 0.4) is 0 Å². The lowest BCUT2D eigenvalue weighted by Gasteiger charge is -2.03. The molecule has 12 heavy (non-hydrogen) atoms. The predicted molar refractivity (Wildman–Crippen MR) is 48.8 cm³/mol. The van der Waals surface area contributed by atoms with Crippen LogP contribution in [0.25, 0.3) is 0 Å². The maximum atomic E-state index is 10.4. The molecule has 0 bridgehead atoms. The van der Waals surface area contributed by atoms with Crippen LogP contribution in [0.2, 0.25) is 0 Å². The quantitative estimate of drug-likeness (QED) is 0.659. The van der Waals surface area contributed by atoms with Gasteiger partial charge >= 0.3 is 0 Å². The molecule has 0 aliphatic carbocycles. The number of thiophene rings is 1. The van der Waals surface area contributed by atoms with Gasteiger partial charge in [-0.15, -0.1) is 11.3 Å². The third-order valence-electron chi connectivity index (χ3n) is 1.43. The van der Waals surface area contributed by atoms with Gasteiger partial charge in [0.15, 0.2) is 0 Å². The van der Waals surface area contributed by atoms with Crippen LogP contribution in [-0.2, 0) is 0 Å². The molecular weight excluding hydrogens is 246 g/mol. The smallest absolute Gasteiger partial charge is 0.262 e. The van der Waals surface area contributed by atoms with Crippen LogP contribution in [0.1, 0.15) is 11.6 Å². The summed E-state index contributed by atoms with van der Waals surface area (Å²) in [6.45, 7) is -0.470. The van der Waals surface area contributed by atoms with E-state index in [-0.39, 0.29) is 0 Å². The third-order valence-corrected chi connectivity index (χ3v) is 3.17. The molecule has 1 atom stereocenters. The van der Waals surface area contributed by atoms with Gasteiger partial charge in [0.2, 0.25) is 0 Å². The fraction of sp³-hybridized carbons (Fsp3) is 0.333.